The Hall–Kier alpha value is -7.18. The number of rotatable bonds is 12. The van der Waals surface area contributed by atoms with Crippen LogP contribution in [0, 0.1) is 11.3 Å². The molecule has 0 N–H and O–H groups in total. The molecule has 6 rings (SSSR count). The molecule has 0 saturated carbocycles. The second-order valence-electron chi connectivity index (χ2n) is 12.3. The molecule has 15 heteroatoms. The summed E-state index contributed by atoms with van der Waals surface area (Å²) in [6.07, 6.45) is -6.59. The van der Waals surface area contributed by atoms with E-state index in [2.05, 4.69) is 15.3 Å². The highest BCUT2D eigenvalue weighted by Gasteiger charge is 2.54. The molecular formula is C40H34N6O9. The summed E-state index contributed by atoms with van der Waals surface area (Å²) in [5.74, 6) is -3.42. The highest BCUT2D eigenvalue weighted by atomic mass is 16.7. The predicted octanol–water partition coefficient (Wildman–Crippen LogP) is 4.63. The fourth-order valence-electron chi connectivity index (χ4n) is 5.54. The number of hydrogen-bond acceptors (Lipinski definition) is 13. The molecule has 0 aliphatic carbocycles. The third-order valence-electron chi connectivity index (χ3n) is 8.16. The summed E-state index contributed by atoms with van der Waals surface area (Å²) in [5, 5.41) is 17.8. The molecule has 1 aliphatic rings. The Labute approximate surface area is 315 Å². The summed E-state index contributed by atoms with van der Waals surface area (Å²) >= 11 is 0. The number of nitriles is 1. The number of aromatic nitrogens is 3. The Bertz CT molecular complexity index is 2170. The van der Waals surface area contributed by atoms with Crippen molar-refractivity contribution >= 4 is 36.0 Å². The van der Waals surface area contributed by atoms with Crippen molar-refractivity contribution in [1.29, 1.82) is 5.26 Å². The third-order valence-corrected chi connectivity index (χ3v) is 8.16. The van der Waals surface area contributed by atoms with Gasteiger partial charge in [0, 0.05) is 14.1 Å². The van der Waals surface area contributed by atoms with Gasteiger partial charge in [-0.15, -0.1) is 5.10 Å². The average molecular weight is 743 g/mol. The number of carbonyl (C=O) groups is 4. The van der Waals surface area contributed by atoms with E-state index in [1.165, 1.54) is 59.6 Å². The topological polar surface area (TPSA) is 185 Å². The first-order chi connectivity index (χ1) is 26.7. The maximum absolute atomic E-state index is 13.8. The van der Waals surface area contributed by atoms with Crippen molar-refractivity contribution in [3.05, 3.63) is 149 Å². The van der Waals surface area contributed by atoms with Gasteiger partial charge < -0.3 is 28.6 Å². The van der Waals surface area contributed by atoms with Gasteiger partial charge in [-0.25, -0.2) is 28.9 Å². The van der Waals surface area contributed by atoms with E-state index in [-0.39, 0.29) is 40.3 Å². The van der Waals surface area contributed by atoms with E-state index in [0.29, 0.717) is 0 Å². The Kier molecular flexibility index (Phi) is 12.0. The summed E-state index contributed by atoms with van der Waals surface area (Å²) in [5.41, 5.74) is 0.411. The summed E-state index contributed by atoms with van der Waals surface area (Å²) in [4.78, 5) is 60.9. The summed E-state index contributed by atoms with van der Waals surface area (Å²) in [6, 6.07) is 33.9. The molecule has 5 unspecified atom stereocenters. The Morgan fingerprint density at radius 3 is 1.55 bits per heavy atom. The SMILES string of the molecule is CN(C)C=Nc1c(C#N)nnn1CC1OC(OC(=O)c2ccccc2)C(OC(=O)c2ccccc2)C(OC(=O)c2ccccc2)C1OC(=O)c1ccccc1. The molecule has 0 bridgehead atoms. The maximum atomic E-state index is 13.8. The first kappa shape index (κ1) is 37.6. The fraction of sp³-hybridized carbons (Fsp3) is 0.200. The molecule has 15 nitrogen and oxygen atoms in total. The van der Waals surface area contributed by atoms with Crippen LogP contribution in [-0.4, -0.2) is 94.9 Å². The number of carbonyl (C=O) groups excluding carboxylic acids is 4. The normalized spacial score (nSPS) is 19.1. The molecule has 55 heavy (non-hydrogen) atoms. The second kappa shape index (κ2) is 17.6. The van der Waals surface area contributed by atoms with E-state index in [0.717, 1.165) is 0 Å². The van der Waals surface area contributed by atoms with E-state index in [1.54, 1.807) is 91.8 Å². The Balaban J connectivity index is 1.48. The van der Waals surface area contributed by atoms with Crippen LogP contribution in [0.15, 0.2) is 126 Å². The van der Waals surface area contributed by atoms with Crippen LogP contribution in [0.1, 0.15) is 47.1 Å². The molecule has 278 valence electrons. The molecule has 1 saturated heterocycles. The van der Waals surface area contributed by atoms with Gasteiger partial charge in [-0.05, 0) is 48.5 Å². The van der Waals surface area contributed by atoms with Crippen molar-refractivity contribution in [3.63, 3.8) is 0 Å². The van der Waals surface area contributed by atoms with E-state index < -0.39 is 54.6 Å². The van der Waals surface area contributed by atoms with Crippen LogP contribution in [0.25, 0.3) is 0 Å². The van der Waals surface area contributed by atoms with Gasteiger partial charge in [0.15, 0.2) is 18.0 Å². The lowest BCUT2D eigenvalue weighted by atomic mass is 9.97. The van der Waals surface area contributed by atoms with Crippen molar-refractivity contribution in [3.8, 4) is 6.07 Å². The number of esters is 4. The molecule has 1 aromatic heterocycles. The van der Waals surface area contributed by atoms with Crippen molar-refractivity contribution in [2.45, 2.75) is 37.3 Å². The van der Waals surface area contributed by atoms with Crippen molar-refractivity contribution in [2.24, 2.45) is 4.99 Å². The first-order valence-corrected chi connectivity index (χ1v) is 17.0. The lowest BCUT2D eigenvalue weighted by molar-refractivity contribution is -0.280. The second-order valence-corrected chi connectivity index (χ2v) is 12.3. The van der Waals surface area contributed by atoms with Gasteiger partial charge in [0.2, 0.25) is 18.1 Å². The molecule has 5 aromatic rings. The minimum atomic E-state index is -1.75. The van der Waals surface area contributed by atoms with Crippen LogP contribution in [-0.2, 0) is 30.2 Å². The van der Waals surface area contributed by atoms with Crippen LogP contribution < -0.4 is 0 Å². The molecule has 1 aliphatic heterocycles. The Morgan fingerprint density at radius 1 is 0.691 bits per heavy atom. The van der Waals surface area contributed by atoms with Gasteiger partial charge in [0.05, 0.1) is 35.1 Å². The molecule has 5 atom stereocenters. The van der Waals surface area contributed by atoms with Crippen LogP contribution in [0.5, 0.6) is 0 Å². The van der Waals surface area contributed by atoms with Crippen LogP contribution in [0.4, 0.5) is 5.82 Å². The monoisotopic (exact) mass is 742 g/mol. The first-order valence-electron chi connectivity index (χ1n) is 17.0. The average Bonchev–Trinajstić information content (AvgIpc) is 3.61. The lowest BCUT2D eigenvalue weighted by Gasteiger charge is -2.44. The van der Waals surface area contributed by atoms with E-state index >= 15 is 0 Å². The number of aliphatic imine (C=N–C) groups is 1. The third kappa shape index (κ3) is 9.25. The zero-order valence-electron chi connectivity index (χ0n) is 29.6. The predicted molar refractivity (Wildman–Crippen MR) is 194 cm³/mol. The zero-order valence-corrected chi connectivity index (χ0v) is 29.6. The van der Waals surface area contributed by atoms with Gasteiger partial charge in [-0.2, -0.15) is 5.26 Å². The van der Waals surface area contributed by atoms with Crippen LogP contribution >= 0.6 is 0 Å². The van der Waals surface area contributed by atoms with E-state index in [9.17, 15) is 24.4 Å². The van der Waals surface area contributed by atoms with Crippen LogP contribution in [0.2, 0.25) is 0 Å². The van der Waals surface area contributed by atoms with E-state index in [4.69, 9.17) is 23.7 Å². The van der Waals surface area contributed by atoms with Crippen LogP contribution in [0.3, 0.4) is 0 Å². The van der Waals surface area contributed by atoms with Gasteiger partial charge in [0.1, 0.15) is 12.2 Å². The fourth-order valence-corrected chi connectivity index (χ4v) is 5.54. The minimum absolute atomic E-state index is 0.0289. The number of hydrogen-bond donors (Lipinski definition) is 0. The van der Waals surface area contributed by atoms with Gasteiger partial charge in [0.25, 0.3) is 0 Å². The summed E-state index contributed by atoms with van der Waals surface area (Å²) in [7, 11) is 3.45. The molecule has 4 aromatic carbocycles. The number of nitrogens with zero attached hydrogens (tertiary/aromatic N) is 6. The maximum Gasteiger partial charge on any atom is 0.340 e. The van der Waals surface area contributed by atoms with Gasteiger partial charge in [-0.3, -0.25) is 0 Å². The quantitative estimate of drug-likeness (QED) is 0.0747. The molecule has 1 fully saturated rings. The van der Waals surface area contributed by atoms with Crippen molar-refractivity contribution in [1.82, 2.24) is 19.9 Å². The standard InChI is InChI=1S/C40H34N6O9/c1-45(2)25-42-35-30(23-41)43-44-46(35)24-31-32(52-36(47)26-15-7-3-8-16-26)33(53-37(48)27-17-9-4-10-18-27)34(54-38(49)28-19-11-5-12-20-28)40(51-31)55-39(50)29-21-13-6-14-22-29/h3-22,25,31-34,40H,24H2,1-2H3. The van der Waals surface area contributed by atoms with Gasteiger partial charge in [-0.1, -0.05) is 78.0 Å². The molecule has 0 spiro atoms. The molecule has 0 amide bonds. The summed E-state index contributed by atoms with van der Waals surface area (Å²) < 4.78 is 31.7. The van der Waals surface area contributed by atoms with E-state index in [1.807, 2.05) is 6.07 Å². The lowest BCUT2D eigenvalue weighted by Crippen LogP contribution is -2.63. The van der Waals surface area contributed by atoms with Crippen molar-refractivity contribution < 1.29 is 42.9 Å². The van der Waals surface area contributed by atoms with Crippen molar-refractivity contribution in [2.75, 3.05) is 14.1 Å². The molecular weight excluding hydrogens is 708 g/mol. The number of ether oxygens (including phenoxy) is 5. The largest absolute Gasteiger partial charge is 0.452 e. The smallest absolute Gasteiger partial charge is 0.340 e. The molecule has 0 radical (unpaired) electrons. The highest BCUT2D eigenvalue weighted by Crippen LogP contribution is 2.33. The Morgan fingerprint density at radius 2 is 1.11 bits per heavy atom. The molecule has 2 heterocycles. The number of benzene rings is 4. The minimum Gasteiger partial charge on any atom is -0.452 e. The zero-order chi connectivity index (χ0) is 38.7. The van der Waals surface area contributed by atoms with Gasteiger partial charge >= 0.3 is 23.9 Å². The summed E-state index contributed by atoms with van der Waals surface area (Å²) in [6.45, 7) is -0.334. The highest BCUT2D eigenvalue weighted by molar-refractivity contribution is 5.92.